The summed E-state index contributed by atoms with van der Waals surface area (Å²) < 4.78 is 11.0. The van der Waals surface area contributed by atoms with Crippen LogP contribution in [0.4, 0.5) is 0 Å². The van der Waals surface area contributed by atoms with E-state index in [2.05, 4.69) is 5.32 Å². The average Bonchev–Trinajstić information content (AvgIpc) is 2.95. The van der Waals surface area contributed by atoms with Gasteiger partial charge in [0.2, 0.25) is 5.91 Å². The van der Waals surface area contributed by atoms with E-state index in [9.17, 15) is 9.59 Å². The van der Waals surface area contributed by atoms with E-state index in [1.54, 1.807) is 7.11 Å². The number of amides is 1. The van der Waals surface area contributed by atoms with Crippen LogP contribution in [0.2, 0.25) is 0 Å². The third-order valence-corrected chi connectivity index (χ3v) is 5.45. The van der Waals surface area contributed by atoms with Crippen molar-refractivity contribution < 1.29 is 19.1 Å². The summed E-state index contributed by atoms with van der Waals surface area (Å²) in [4.78, 5) is 24.4. The predicted molar refractivity (Wildman–Crippen MR) is 94.3 cm³/mol. The maximum atomic E-state index is 12.6. The van der Waals surface area contributed by atoms with Gasteiger partial charge in [0.15, 0.2) is 0 Å². The van der Waals surface area contributed by atoms with E-state index < -0.39 is 5.60 Å². The van der Waals surface area contributed by atoms with Gasteiger partial charge in [-0.1, -0.05) is 24.6 Å². The van der Waals surface area contributed by atoms with Crippen LogP contribution in [-0.2, 0) is 20.7 Å². The zero-order valence-electron chi connectivity index (χ0n) is 14.9. The molecule has 1 atom stereocenters. The lowest BCUT2D eigenvalue weighted by Crippen LogP contribution is -2.46. The number of carbonyl (C=O) groups is 2. The number of para-hydroxylation sites is 1. The SMILES string of the molecule is COc1ccccc1CCCNC(=O)C1CC(=O)OC12CCCCC2. The third kappa shape index (κ3) is 3.97. The Morgan fingerprint density at radius 3 is 2.80 bits per heavy atom. The van der Waals surface area contributed by atoms with E-state index >= 15 is 0 Å². The molecule has 2 aliphatic rings. The molecule has 1 aliphatic carbocycles. The molecule has 1 heterocycles. The van der Waals surface area contributed by atoms with Gasteiger partial charge in [0, 0.05) is 6.54 Å². The molecule has 0 aromatic heterocycles. The number of methoxy groups -OCH3 is 1. The van der Waals surface area contributed by atoms with Gasteiger partial charge in [0.25, 0.3) is 0 Å². The fraction of sp³-hybridized carbons (Fsp3) is 0.600. The normalized spacial score (nSPS) is 21.8. The average molecular weight is 345 g/mol. The summed E-state index contributed by atoms with van der Waals surface area (Å²) in [7, 11) is 1.67. The summed E-state index contributed by atoms with van der Waals surface area (Å²) >= 11 is 0. The van der Waals surface area contributed by atoms with Gasteiger partial charge in [-0.2, -0.15) is 0 Å². The van der Waals surface area contributed by atoms with Gasteiger partial charge in [0.05, 0.1) is 19.4 Å². The van der Waals surface area contributed by atoms with Gasteiger partial charge in [-0.15, -0.1) is 0 Å². The Morgan fingerprint density at radius 1 is 1.28 bits per heavy atom. The lowest BCUT2D eigenvalue weighted by Gasteiger charge is -2.36. The molecule has 1 aromatic carbocycles. The minimum atomic E-state index is -0.540. The molecule has 1 saturated carbocycles. The minimum Gasteiger partial charge on any atom is -0.496 e. The largest absolute Gasteiger partial charge is 0.496 e. The van der Waals surface area contributed by atoms with Crippen molar-refractivity contribution in [2.45, 2.75) is 57.0 Å². The second-order valence-corrected chi connectivity index (χ2v) is 7.06. The zero-order valence-corrected chi connectivity index (χ0v) is 14.9. The van der Waals surface area contributed by atoms with Crippen molar-refractivity contribution in [3.05, 3.63) is 29.8 Å². The zero-order chi connectivity index (χ0) is 17.7. The van der Waals surface area contributed by atoms with E-state index in [1.165, 1.54) is 0 Å². The van der Waals surface area contributed by atoms with Crippen molar-refractivity contribution in [2.24, 2.45) is 5.92 Å². The summed E-state index contributed by atoms with van der Waals surface area (Å²) in [6.07, 6.45) is 6.76. The van der Waals surface area contributed by atoms with E-state index in [1.807, 2.05) is 24.3 Å². The summed E-state index contributed by atoms with van der Waals surface area (Å²) in [5.74, 6) is 0.292. The Labute approximate surface area is 149 Å². The Morgan fingerprint density at radius 2 is 2.04 bits per heavy atom. The molecule has 2 fully saturated rings. The third-order valence-electron chi connectivity index (χ3n) is 5.45. The molecule has 5 nitrogen and oxygen atoms in total. The van der Waals surface area contributed by atoms with Crippen molar-refractivity contribution in [1.29, 1.82) is 0 Å². The molecular weight excluding hydrogens is 318 g/mol. The first kappa shape index (κ1) is 17.8. The molecule has 0 bridgehead atoms. The summed E-state index contributed by atoms with van der Waals surface area (Å²) in [5, 5.41) is 3.01. The quantitative estimate of drug-likeness (QED) is 0.636. The van der Waals surface area contributed by atoms with Crippen LogP contribution in [0, 0.1) is 5.92 Å². The van der Waals surface area contributed by atoms with Gasteiger partial charge < -0.3 is 14.8 Å². The van der Waals surface area contributed by atoms with Crippen LogP contribution >= 0.6 is 0 Å². The molecule has 3 rings (SSSR count). The van der Waals surface area contributed by atoms with Crippen LogP contribution in [0.15, 0.2) is 24.3 Å². The first-order valence-electron chi connectivity index (χ1n) is 9.26. The van der Waals surface area contributed by atoms with Crippen LogP contribution < -0.4 is 10.1 Å². The fourth-order valence-corrected chi connectivity index (χ4v) is 4.15. The molecule has 1 aromatic rings. The Hall–Kier alpha value is -2.04. The summed E-state index contributed by atoms with van der Waals surface area (Å²) in [6, 6.07) is 7.93. The number of rotatable bonds is 6. The molecule has 0 radical (unpaired) electrons. The number of carbonyl (C=O) groups excluding carboxylic acids is 2. The van der Waals surface area contributed by atoms with Crippen LogP contribution in [0.1, 0.15) is 50.5 Å². The van der Waals surface area contributed by atoms with Gasteiger partial charge in [0.1, 0.15) is 11.4 Å². The molecule has 1 unspecified atom stereocenters. The lowest BCUT2D eigenvalue weighted by atomic mass is 9.75. The van der Waals surface area contributed by atoms with Gasteiger partial charge in [-0.05, 0) is 50.2 Å². The first-order chi connectivity index (χ1) is 12.1. The highest BCUT2D eigenvalue weighted by atomic mass is 16.6. The number of aryl methyl sites for hydroxylation is 1. The standard InChI is InChI=1S/C20H27NO4/c1-24-17-10-4-3-8-15(17)9-7-13-21-19(23)16-14-18(22)25-20(16)11-5-2-6-12-20/h3-4,8,10,16H,2,5-7,9,11-14H2,1H3,(H,21,23). The molecule has 1 N–H and O–H groups in total. The highest BCUT2D eigenvalue weighted by Crippen LogP contribution is 2.44. The molecule has 136 valence electrons. The lowest BCUT2D eigenvalue weighted by molar-refractivity contribution is -0.153. The smallest absolute Gasteiger partial charge is 0.307 e. The molecule has 1 spiro atoms. The van der Waals surface area contributed by atoms with Crippen molar-refractivity contribution in [2.75, 3.05) is 13.7 Å². The maximum Gasteiger partial charge on any atom is 0.307 e. The van der Waals surface area contributed by atoms with Gasteiger partial charge in [-0.25, -0.2) is 0 Å². The molecule has 25 heavy (non-hydrogen) atoms. The van der Waals surface area contributed by atoms with E-state index in [0.717, 1.165) is 56.3 Å². The topological polar surface area (TPSA) is 64.6 Å². The molecule has 5 heteroatoms. The Kier molecular flexibility index (Phi) is 5.61. The van der Waals surface area contributed by atoms with Gasteiger partial charge in [-0.3, -0.25) is 9.59 Å². The van der Waals surface area contributed by atoms with Crippen LogP contribution in [0.25, 0.3) is 0 Å². The van der Waals surface area contributed by atoms with Crippen molar-refractivity contribution >= 4 is 11.9 Å². The highest BCUT2D eigenvalue weighted by molar-refractivity contribution is 5.87. The van der Waals surface area contributed by atoms with E-state index in [0.29, 0.717) is 6.54 Å². The Balaban J connectivity index is 1.51. The summed E-state index contributed by atoms with van der Waals surface area (Å²) in [6.45, 7) is 0.595. The van der Waals surface area contributed by atoms with E-state index in [4.69, 9.17) is 9.47 Å². The molecule has 1 amide bonds. The molecule has 1 saturated heterocycles. The minimum absolute atomic E-state index is 0.0345. The highest BCUT2D eigenvalue weighted by Gasteiger charge is 2.52. The van der Waals surface area contributed by atoms with Crippen molar-refractivity contribution in [3.8, 4) is 5.75 Å². The second-order valence-electron chi connectivity index (χ2n) is 7.06. The number of esters is 1. The van der Waals surface area contributed by atoms with Gasteiger partial charge >= 0.3 is 5.97 Å². The first-order valence-corrected chi connectivity index (χ1v) is 9.26. The Bertz CT molecular complexity index is 622. The van der Waals surface area contributed by atoms with Crippen LogP contribution in [-0.4, -0.2) is 31.1 Å². The predicted octanol–water partition coefficient (Wildman–Crippen LogP) is 3.01. The number of ether oxygens (including phenoxy) is 2. The van der Waals surface area contributed by atoms with Crippen molar-refractivity contribution in [3.63, 3.8) is 0 Å². The summed E-state index contributed by atoms with van der Waals surface area (Å²) in [5.41, 5.74) is 0.601. The number of hydrogen-bond donors (Lipinski definition) is 1. The van der Waals surface area contributed by atoms with E-state index in [-0.39, 0.29) is 24.2 Å². The number of benzene rings is 1. The van der Waals surface area contributed by atoms with Crippen molar-refractivity contribution in [1.82, 2.24) is 5.32 Å². The second kappa shape index (κ2) is 7.89. The molecule has 1 aliphatic heterocycles. The van der Waals surface area contributed by atoms with Crippen LogP contribution in [0.3, 0.4) is 0 Å². The molecular formula is C20H27NO4. The number of hydrogen-bond acceptors (Lipinski definition) is 4. The number of nitrogens with one attached hydrogen (secondary N) is 1. The fourth-order valence-electron chi connectivity index (χ4n) is 4.15. The monoisotopic (exact) mass is 345 g/mol. The van der Waals surface area contributed by atoms with Crippen LogP contribution in [0.5, 0.6) is 5.75 Å². The maximum absolute atomic E-state index is 12.6.